The molecule has 3 heterocycles. The van der Waals surface area contributed by atoms with Gasteiger partial charge in [-0.15, -0.1) is 0 Å². The first kappa shape index (κ1) is 37.5. The fourth-order valence-electron chi connectivity index (χ4n) is 7.78. The Balaban J connectivity index is 1.07. The number of para-hydroxylation sites is 1. The molecule has 0 aliphatic heterocycles. The number of benzene rings is 6. The highest BCUT2D eigenvalue weighted by molar-refractivity contribution is 6.09. The van der Waals surface area contributed by atoms with Crippen LogP contribution >= 0.6 is 0 Å². The maximum Gasteiger partial charge on any atom is 0.137 e. The molecule has 9 aromatic rings. The van der Waals surface area contributed by atoms with E-state index in [1.807, 2.05) is 90.0 Å². The third-order valence-electron chi connectivity index (χ3n) is 11.2. The van der Waals surface area contributed by atoms with Crippen LogP contribution in [0.25, 0.3) is 44.4 Å². The van der Waals surface area contributed by atoms with Gasteiger partial charge in [0.05, 0.1) is 28.5 Å². The summed E-state index contributed by atoms with van der Waals surface area (Å²) in [5.74, 6) is 4.27. The molecule has 0 bridgehead atoms. The predicted octanol–water partition coefficient (Wildman–Crippen LogP) is 13.0. The maximum absolute atomic E-state index is 6.70. The quantitative estimate of drug-likeness (QED) is 0.124. The summed E-state index contributed by atoms with van der Waals surface area (Å²) in [6.07, 6.45) is 5.82. The van der Waals surface area contributed by atoms with Gasteiger partial charge in [-0.1, -0.05) is 98.8 Å². The van der Waals surface area contributed by atoms with Crippen molar-refractivity contribution in [3.63, 3.8) is 0 Å². The molecule has 9 rings (SSSR count). The van der Waals surface area contributed by atoms with Crippen molar-refractivity contribution >= 4 is 21.8 Å². The minimum absolute atomic E-state index is 0.386. The zero-order valence-electron chi connectivity index (χ0n) is 34.0. The second kappa shape index (κ2) is 16.0. The van der Waals surface area contributed by atoms with Crippen LogP contribution in [-0.2, 0) is 13.2 Å². The molecule has 3 aromatic heterocycles. The average Bonchev–Trinajstić information content (AvgIpc) is 3.89. The highest BCUT2D eigenvalue weighted by Gasteiger charge is 2.24. The monoisotopic (exact) mass is 774 g/mol. The molecule has 0 aliphatic carbocycles. The standard InChI is InChI=1S/C52H46N4O3/c1-34(2)40-25-26-53-49(27-40)56-47-22-13-12-21-45(47)46-24-23-44(29-48(46)56)59-43-20-14-19-42(28-43)55-31-41(30-54-55)50-51(57-32-38-15-8-6-9-16-38)36(4)35(3)37(5)52(50)58-33-39-17-10-7-11-18-39/h6-31,34H,32-33H2,1-5H3. The Morgan fingerprint density at radius 2 is 1.24 bits per heavy atom. The van der Waals surface area contributed by atoms with Crippen LogP contribution in [0.5, 0.6) is 23.0 Å². The molecular weight excluding hydrogens is 729 g/mol. The van der Waals surface area contributed by atoms with Crippen LogP contribution in [0, 0.1) is 20.8 Å². The Morgan fingerprint density at radius 3 is 1.93 bits per heavy atom. The van der Waals surface area contributed by atoms with Gasteiger partial charge in [-0.25, -0.2) is 9.67 Å². The minimum Gasteiger partial charge on any atom is -0.488 e. The second-order valence-electron chi connectivity index (χ2n) is 15.4. The van der Waals surface area contributed by atoms with E-state index in [-0.39, 0.29) is 0 Å². The van der Waals surface area contributed by atoms with Gasteiger partial charge in [0.25, 0.3) is 0 Å². The smallest absolute Gasteiger partial charge is 0.137 e. The van der Waals surface area contributed by atoms with E-state index in [0.717, 1.165) is 84.1 Å². The number of hydrogen-bond acceptors (Lipinski definition) is 5. The van der Waals surface area contributed by atoms with Gasteiger partial charge in [-0.3, -0.25) is 4.57 Å². The highest BCUT2D eigenvalue weighted by Crippen LogP contribution is 2.46. The van der Waals surface area contributed by atoms with Crippen LogP contribution in [-0.4, -0.2) is 19.3 Å². The number of aromatic nitrogens is 4. The molecule has 0 atom stereocenters. The van der Waals surface area contributed by atoms with Crippen molar-refractivity contribution in [1.82, 2.24) is 19.3 Å². The maximum atomic E-state index is 6.70. The van der Waals surface area contributed by atoms with Gasteiger partial charge in [-0.05, 0) is 103 Å². The molecule has 7 heteroatoms. The van der Waals surface area contributed by atoms with Crippen molar-refractivity contribution in [2.45, 2.75) is 53.8 Å². The van der Waals surface area contributed by atoms with E-state index in [4.69, 9.17) is 24.3 Å². The summed E-state index contributed by atoms with van der Waals surface area (Å²) in [7, 11) is 0. The van der Waals surface area contributed by atoms with Crippen LogP contribution in [0.1, 0.15) is 53.1 Å². The summed E-state index contributed by atoms with van der Waals surface area (Å²) in [5, 5.41) is 7.19. The number of fused-ring (bicyclic) bond motifs is 3. The topological polar surface area (TPSA) is 63.3 Å². The lowest BCUT2D eigenvalue weighted by Crippen LogP contribution is -2.06. The lowest BCUT2D eigenvalue weighted by Gasteiger charge is -2.22. The fraction of sp³-hybridized carbons (Fsp3) is 0.154. The molecule has 59 heavy (non-hydrogen) atoms. The van der Waals surface area contributed by atoms with Crippen molar-refractivity contribution in [2.75, 3.05) is 0 Å². The van der Waals surface area contributed by atoms with Gasteiger partial charge < -0.3 is 14.2 Å². The third kappa shape index (κ3) is 7.43. The Labute approximate surface area is 345 Å². The SMILES string of the molecule is Cc1c(C)c(OCc2ccccc2)c(-c2cnn(-c3cccc(Oc4ccc5c6ccccc6n(-c6cc(C(C)C)ccn6)c5c4)c3)c2)c(OCc2ccccc2)c1C. The van der Waals surface area contributed by atoms with Crippen LogP contribution < -0.4 is 14.2 Å². The van der Waals surface area contributed by atoms with Crippen LogP contribution in [0.3, 0.4) is 0 Å². The highest BCUT2D eigenvalue weighted by atomic mass is 16.5. The van der Waals surface area contributed by atoms with Crippen LogP contribution in [0.4, 0.5) is 0 Å². The minimum atomic E-state index is 0.386. The van der Waals surface area contributed by atoms with Crippen molar-refractivity contribution in [2.24, 2.45) is 0 Å². The van der Waals surface area contributed by atoms with Gasteiger partial charge in [0.1, 0.15) is 42.0 Å². The predicted molar refractivity (Wildman–Crippen MR) is 237 cm³/mol. The van der Waals surface area contributed by atoms with Crippen molar-refractivity contribution in [3.8, 4) is 45.6 Å². The normalized spacial score (nSPS) is 11.4. The lowest BCUT2D eigenvalue weighted by molar-refractivity contribution is 0.289. The molecule has 7 nitrogen and oxygen atoms in total. The summed E-state index contributed by atoms with van der Waals surface area (Å²) in [5.41, 5.74) is 11.5. The van der Waals surface area contributed by atoms with Crippen LogP contribution in [0.15, 0.2) is 158 Å². The van der Waals surface area contributed by atoms with Gasteiger partial charge in [0.15, 0.2) is 0 Å². The van der Waals surface area contributed by atoms with E-state index < -0.39 is 0 Å². The first-order valence-electron chi connectivity index (χ1n) is 20.1. The summed E-state index contributed by atoms with van der Waals surface area (Å²) in [6, 6.07) is 47.5. The Bertz CT molecular complexity index is 2860. The summed E-state index contributed by atoms with van der Waals surface area (Å²) in [4.78, 5) is 4.82. The summed E-state index contributed by atoms with van der Waals surface area (Å²) < 4.78 is 24.1. The van der Waals surface area contributed by atoms with Crippen LogP contribution in [0.2, 0.25) is 0 Å². The van der Waals surface area contributed by atoms with E-state index in [1.165, 1.54) is 10.9 Å². The zero-order chi connectivity index (χ0) is 40.5. The second-order valence-corrected chi connectivity index (χ2v) is 15.4. The summed E-state index contributed by atoms with van der Waals surface area (Å²) in [6.45, 7) is 11.6. The number of ether oxygens (including phenoxy) is 3. The van der Waals surface area contributed by atoms with Gasteiger partial charge in [0.2, 0.25) is 0 Å². The molecule has 0 aliphatic rings. The molecule has 6 aromatic carbocycles. The van der Waals surface area contributed by atoms with Crippen molar-refractivity contribution in [1.29, 1.82) is 0 Å². The van der Waals surface area contributed by atoms with E-state index in [2.05, 4.69) is 112 Å². The van der Waals surface area contributed by atoms with Gasteiger partial charge in [0, 0.05) is 40.9 Å². The fourth-order valence-corrected chi connectivity index (χ4v) is 7.78. The molecule has 0 radical (unpaired) electrons. The summed E-state index contributed by atoms with van der Waals surface area (Å²) >= 11 is 0. The van der Waals surface area contributed by atoms with E-state index in [9.17, 15) is 0 Å². The number of nitrogens with zero attached hydrogens (tertiary/aromatic N) is 4. The molecule has 0 saturated heterocycles. The largest absolute Gasteiger partial charge is 0.488 e. The van der Waals surface area contributed by atoms with E-state index >= 15 is 0 Å². The Kier molecular flexibility index (Phi) is 10.2. The first-order valence-corrected chi connectivity index (χ1v) is 20.1. The molecule has 0 fully saturated rings. The van der Waals surface area contributed by atoms with E-state index in [1.54, 1.807) is 0 Å². The molecule has 0 N–H and O–H groups in total. The number of pyridine rings is 1. The molecule has 0 saturated carbocycles. The third-order valence-corrected chi connectivity index (χ3v) is 11.2. The van der Waals surface area contributed by atoms with E-state index in [0.29, 0.717) is 24.9 Å². The number of rotatable bonds is 12. The Hall–Kier alpha value is -7.12. The average molecular weight is 775 g/mol. The van der Waals surface area contributed by atoms with Gasteiger partial charge >= 0.3 is 0 Å². The molecule has 0 spiro atoms. The van der Waals surface area contributed by atoms with Crippen molar-refractivity contribution in [3.05, 3.63) is 191 Å². The lowest BCUT2D eigenvalue weighted by atomic mass is 9.94. The molecule has 0 unspecified atom stereocenters. The first-order chi connectivity index (χ1) is 28.8. The van der Waals surface area contributed by atoms with Gasteiger partial charge in [-0.2, -0.15) is 5.10 Å². The molecular formula is C52H46N4O3. The molecule has 292 valence electrons. The number of hydrogen-bond donors (Lipinski definition) is 0. The van der Waals surface area contributed by atoms with Crippen molar-refractivity contribution < 1.29 is 14.2 Å². The zero-order valence-corrected chi connectivity index (χ0v) is 34.0. The Morgan fingerprint density at radius 1 is 0.593 bits per heavy atom. The molecule has 0 amide bonds.